The van der Waals surface area contributed by atoms with Gasteiger partial charge in [-0.15, -0.1) is 0 Å². The molecular weight excluding hydrogens is 218 g/mol. The highest BCUT2D eigenvalue weighted by molar-refractivity contribution is 5.54. The van der Waals surface area contributed by atoms with Gasteiger partial charge in [0.25, 0.3) is 0 Å². The van der Waals surface area contributed by atoms with Crippen LogP contribution >= 0.6 is 0 Å². The summed E-state index contributed by atoms with van der Waals surface area (Å²) in [6.45, 7) is 3.88. The predicted molar refractivity (Wildman–Crippen MR) is 67.4 cm³/mol. The van der Waals surface area contributed by atoms with E-state index in [1.807, 2.05) is 14.0 Å². The number of hydrogen-bond donors (Lipinski definition) is 2. The second kappa shape index (κ2) is 4.75. The van der Waals surface area contributed by atoms with Crippen molar-refractivity contribution in [1.29, 1.82) is 0 Å². The van der Waals surface area contributed by atoms with Crippen molar-refractivity contribution in [3.05, 3.63) is 5.56 Å². The molecule has 1 atom stereocenters. The summed E-state index contributed by atoms with van der Waals surface area (Å²) in [6, 6.07) is 0.511. The van der Waals surface area contributed by atoms with Crippen molar-refractivity contribution in [3.63, 3.8) is 0 Å². The van der Waals surface area contributed by atoms with Gasteiger partial charge in [-0.25, -0.2) is 0 Å². The number of methoxy groups -OCH3 is 1. The smallest absolute Gasteiger partial charge is 0.225 e. The Bertz CT molecular complexity index is 409. The van der Waals surface area contributed by atoms with Gasteiger partial charge in [-0.2, -0.15) is 9.97 Å². The van der Waals surface area contributed by atoms with Crippen LogP contribution in [0.15, 0.2) is 0 Å². The minimum absolute atomic E-state index is 0.260. The van der Waals surface area contributed by atoms with Gasteiger partial charge in [0.15, 0.2) is 0 Å². The minimum Gasteiger partial charge on any atom is -0.481 e. The molecule has 1 aromatic heterocycles. The van der Waals surface area contributed by atoms with Gasteiger partial charge in [-0.1, -0.05) is 0 Å². The van der Waals surface area contributed by atoms with Crippen molar-refractivity contribution in [2.24, 2.45) is 0 Å². The second-order valence-electron chi connectivity index (χ2n) is 4.26. The van der Waals surface area contributed by atoms with Crippen molar-refractivity contribution in [3.8, 4) is 5.88 Å². The number of nitrogen functional groups attached to an aromatic ring is 1. The third-order valence-corrected chi connectivity index (χ3v) is 3.18. The molecule has 0 spiro atoms. The van der Waals surface area contributed by atoms with E-state index < -0.39 is 0 Å². The normalized spacial score (nSPS) is 19.7. The van der Waals surface area contributed by atoms with Crippen LogP contribution in [0.4, 0.5) is 11.8 Å². The SMILES string of the molecule is CN[C@@H]1CCN(c2nc(N)nc(OC)c2C)C1. The Hall–Kier alpha value is -1.56. The first-order valence-electron chi connectivity index (χ1n) is 5.76. The molecule has 0 amide bonds. The van der Waals surface area contributed by atoms with Gasteiger partial charge in [0.05, 0.1) is 12.7 Å². The van der Waals surface area contributed by atoms with E-state index >= 15 is 0 Å². The van der Waals surface area contributed by atoms with Crippen LogP contribution in [0.5, 0.6) is 5.88 Å². The van der Waals surface area contributed by atoms with Crippen LogP contribution in [0.1, 0.15) is 12.0 Å². The van der Waals surface area contributed by atoms with Crippen LogP contribution in [0.3, 0.4) is 0 Å². The van der Waals surface area contributed by atoms with Gasteiger partial charge >= 0.3 is 0 Å². The van der Waals surface area contributed by atoms with Crippen LogP contribution in [0, 0.1) is 6.92 Å². The van der Waals surface area contributed by atoms with Crippen molar-refractivity contribution >= 4 is 11.8 Å². The van der Waals surface area contributed by atoms with E-state index in [0.29, 0.717) is 11.9 Å². The van der Waals surface area contributed by atoms with Crippen LogP contribution in [0.25, 0.3) is 0 Å². The Balaban J connectivity index is 2.29. The summed E-state index contributed by atoms with van der Waals surface area (Å²) in [7, 11) is 3.58. The average molecular weight is 237 g/mol. The lowest BCUT2D eigenvalue weighted by atomic mass is 10.3. The molecule has 1 aromatic rings. The molecule has 1 saturated heterocycles. The van der Waals surface area contributed by atoms with E-state index in [-0.39, 0.29) is 5.95 Å². The number of aromatic nitrogens is 2. The molecule has 0 aliphatic carbocycles. The standard InChI is InChI=1S/C11H19N5O/c1-7-9(14-11(12)15-10(7)17-3)16-5-4-8(6-16)13-2/h8,13H,4-6H2,1-3H3,(H2,12,14,15)/t8-/m1/s1. The molecule has 0 radical (unpaired) electrons. The van der Waals surface area contributed by atoms with Gasteiger partial charge < -0.3 is 20.7 Å². The van der Waals surface area contributed by atoms with Crippen molar-refractivity contribution in [2.75, 3.05) is 37.9 Å². The summed E-state index contributed by atoms with van der Waals surface area (Å²) in [5.74, 6) is 1.70. The Morgan fingerprint density at radius 1 is 1.47 bits per heavy atom. The van der Waals surface area contributed by atoms with Crippen LogP contribution in [-0.2, 0) is 0 Å². The van der Waals surface area contributed by atoms with E-state index in [4.69, 9.17) is 10.5 Å². The quantitative estimate of drug-likeness (QED) is 0.780. The first-order valence-corrected chi connectivity index (χ1v) is 5.76. The maximum Gasteiger partial charge on any atom is 0.225 e. The molecule has 2 rings (SSSR count). The van der Waals surface area contributed by atoms with Gasteiger partial charge in [0.2, 0.25) is 11.8 Å². The first-order chi connectivity index (χ1) is 8.15. The zero-order chi connectivity index (χ0) is 12.4. The molecule has 1 fully saturated rings. The molecule has 6 heteroatoms. The van der Waals surface area contributed by atoms with Crippen LogP contribution in [0.2, 0.25) is 0 Å². The summed E-state index contributed by atoms with van der Waals surface area (Å²) in [4.78, 5) is 10.6. The topological polar surface area (TPSA) is 76.3 Å². The molecular formula is C11H19N5O. The van der Waals surface area contributed by atoms with E-state index in [1.165, 1.54) is 0 Å². The number of ether oxygens (including phenoxy) is 1. The summed E-state index contributed by atoms with van der Waals surface area (Å²) >= 11 is 0. The number of rotatable bonds is 3. The van der Waals surface area contributed by atoms with E-state index in [2.05, 4.69) is 20.2 Å². The fraction of sp³-hybridized carbons (Fsp3) is 0.636. The van der Waals surface area contributed by atoms with Crippen molar-refractivity contribution in [1.82, 2.24) is 15.3 Å². The zero-order valence-corrected chi connectivity index (χ0v) is 10.5. The third kappa shape index (κ3) is 2.26. The molecule has 2 heterocycles. The fourth-order valence-electron chi connectivity index (χ4n) is 2.20. The largest absolute Gasteiger partial charge is 0.481 e. The fourth-order valence-corrected chi connectivity index (χ4v) is 2.20. The molecule has 6 nitrogen and oxygen atoms in total. The molecule has 3 N–H and O–H groups in total. The molecule has 0 aromatic carbocycles. The van der Waals surface area contributed by atoms with Crippen molar-refractivity contribution in [2.45, 2.75) is 19.4 Å². The summed E-state index contributed by atoms with van der Waals surface area (Å²) in [6.07, 6.45) is 1.11. The molecule has 94 valence electrons. The summed E-state index contributed by atoms with van der Waals surface area (Å²) < 4.78 is 5.21. The summed E-state index contributed by atoms with van der Waals surface area (Å²) in [5, 5.41) is 3.28. The second-order valence-corrected chi connectivity index (χ2v) is 4.26. The number of nitrogens with two attached hydrogens (primary N) is 1. The lowest BCUT2D eigenvalue weighted by Crippen LogP contribution is -2.30. The highest BCUT2D eigenvalue weighted by Crippen LogP contribution is 2.28. The molecule has 0 unspecified atom stereocenters. The van der Waals surface area contributed by atoms with Gasteiger partial charge in [0.1, 0.15) is 5.82 Å². The highest BCUT2D eigenvalue weighted by atomic mass is 16.5. The minimum atomic E-state index is 0.260. The van der Waals surface area contributed by atoms with Crippen LogP contribution < -0.4 is 20.7 Å². The molecule has 1 aliphatic rings. The van der Waals surface area contributed by atoms with Crippen LogP contribution in [-0.4, -0.2) is 43.3 Å². The van der Waals surface area contributed by atoms with Gasteiger partial charge in [-0.3, -0.25) is 0 Å². The maximum absolute atomic E-state index is 5.69. The third-order valence-electron chi connectivity index (χ3n) is 3.18. The number of hydrogen-bond acceptors (Lipinski definition) is 6. The van der Waals surface area contributed by atoms with E-state index in [0.717, 1.165) is 30.9 Å². The number of anilines is 2. The van der Waals surface area contributed by atoms with Gasteiger partial charge in [0, 0.05) is 19.1 Å². The monoisotopic (exact) mass is 237 g/mol. The van der Waals surface area contributed by atoms with E-state index in [1.54, 1.807) is 7.11 Å². The Morgan fingerprint density at radius 3 is 2.82 bits per heavy atom. The lowest BCUT2D eigenvalue weighted by Gasteiger charge is -2.20. The summed E-state index contributed by atoms with van der Waals surface area (Å²) in [5.41, 5.74) is 6.64. The number of nitrogens with one attached hydrogen (secondary N) is 1. The first kappa shape index (κ1) is 11.9. The predicted octanol–water partition coefficient (Wildman–Crippen LogP) is 0.174. The Morgan fingerprint density at radius 2 is 2.24 bits per heavy atom. The molecule has 0 bridgehead atoms. The maximum atomic E-state index is 5.69. The molecule has 1 aliphatic heterocycles. The zero-order valence-electron chi connectivity index (χ0n) is 10.5. The van der Waals surface area contributed by atoms with E-state index in [9.17, 15) is 0 Å². The Labute approximate surface area is 101 Å². The lowest BCUT2D eigenvalue weighted by molar-refractivity contribution is 0.394. The highest BCUT2D eigenvalue weighted by Gasteiger charge is 2.25. The molecule has 0 saturated carbocycles. The average Bonchev–Trinajstić information content (AvgIpc) is 2.80. The van der Waals surface area contributed by atoms with Crippen molar-refractivity contribution < 1.29 is 4.74 Å². The number of likely N-dealkylation sites (N-methyl/N-ethyl adjacent to an activating group) is 1. The molecule has 17 heavy (non-hydrogen) atoms. The van der Waals surface area contributed by atoms with Gasteiger partial charge in [-0.05, 0) is 20.4 Å². The number of nitrogens with zero attached hydrogens (tertiary/aromatic N) is 3. The Kier molecular flexibility index (Phi) is 3.33.